The smallest absolute Gasteiger partial charge is 0.338 e. The molecule has 0 spiro atoms. The van der Waals surface area contributed by atoms with E-state index in [0.29, 0.717) is 0 Å². The largest absolute Gasteiger partial charge is 0.478 e. The Kier molecular flexibility index (Phi) is 3.09. The van der Waals surface area contributed by atoms with E-state index in [4.69, 9.17) is 5.11 Å². The van der Waals surface area contributed by atoms with Crippen LogP contribution in [0.3, 0.4) is 0 Å². The molecule has 1 aliphatic rings. The molecule has 1 saturated heterocycles. The van der Waals surface area contributed by atoms with E-state index in [-0.39, 0.29) is 5.69 Å². The van der Waals surface area contributed by atoms with Crippen LogP contribution in [0.15, 0.2) is 18.2 Å². The molecule has 0 aromatic heterocycles. The highest BCUT2D eigenvalue weighted by Gasteiger charge is 2.43. The van der Waals surface area contributed by atoms with Crippen LogP contribution >= 0.6 is 0 Å². The van der Waals surface area contributed by atoms with Crippen molar-refractivity contribution in [3.8, 4) is 0 Å². The van der Waals surface area contributed by atoms with Gasteiger partial charge in [0.25, 0.3) is 0 Å². The fourth-order valence-electron chi connectivity index (χ4n) is 2.01. The number of rotatable bonds is 2. The van der Waals surface area contributed by atoms with Crippen molar-refractivity contribution in [2.24, 2.45) is 11.8 Å². The van der Waals surface area contributed by atoms with Crippen LogP contribution in [0.2, 0.25) is 0 Å². The Labute approximate surface area is 108 Å². The van der Waals surface area contributed by atoms with Crippen LogP contribution in [0, 0.1) is 17.7 Å². The molecule has 2 atom stereocenters. The minimum atomic E-state index is -1.44. The molecule has 0 bridgehead atoms. The molecular formula is C13H12FNO4. The van der Waals surface area contributed by atoms with Crippen molar-refractivity contribution in [1.82, 2.24) is 0 Å². The molecule has 0 saturated carbocycles. The molecule has 100 valence electrons. The van der Waals surface area contributed by atoms with Crippen LogP contribution in [0.5, 0.6) is 0 Å². The van der Waals surface area contributed by atoms with Crippen molar-refractivity contribution in [2.45, 2.75) is 13.8 Å². The zero-order valence-electron chi connectivity index (χ0n) is 10.4. The van der Waals surface area contributed by atoms with E-state index in [1.165, 1.54) is 6.07 Å². The average Bonchev–Trinajstić information content (AvgIpc) is 2.55. The van der Waals surface area contributed by atoms with Gasteiger partial charge in [-0.25, -0.2) is 9.18 Å². The normalized spacial score (nSPS) is 23.0. The van der Waals surface area contributed by atoms with Gasteiger partial charge >= 0.3 is 5.97 Å². The van der Waals surface area contributed by atoms with Crippen LogP contribution in [0.25, 0.3) is 0 Å². The Hall–Kier alpha value is -2.24. The number of carbonyl (C=O) groups is 3. The number of halogens is 1. The molecule has 6 heteroatoms. The van der Waals surface area contributed by atoms with Crippen molar-refractivity contribution < 1.29 is 23.9 Å². The number of nitrogens with zero attached hydrogens (tertiary/aromatic N) is 1. The highest BCUT2D eigenvalue weighted by Crippen LogP contribution is 2.31. The minimum absolute atomic E-state index is 0.0880. The van der Waals surface area contributed by atoms with Gasteiger partial charge in [-0.1, -0.05) is 13.8 Å². The van der Waals surface area contributed by atoms with Gasteiger partial charge in [-0.3, -0.25) is 14.5 Å². The number of aromatic carboxylic acids is 1. The summed E-state index contributed by atoms with van der Waals surface area (Å²) >= 11 is 0. The Morgan fingerprint density at radius 1 is 1.21 bits per heavy atom. The lowest BCUT2D eigenvalue weighted by Crippen LogP contribution is -2.30. The van der Waals surface area contributed by atoms with Crippen molar-refractivity contribution in [3.05, 3.63) is 29.6 Å². The third-order valence-electron chi connectivity index (χ3n) is 3.41. The number of carboxylic acids is 1. The molecular weight excluding hydrogens is 253 g/mol. The molecule has 1 aromatic rings. The van der Waals surface area contributed by atoms with E-state index < -0.39 is 41.0 Å². The summed E-state index contributed by atoms with van der Waals surface area (Å²) in [5, 5.41) is 8.84. The van der Waals surface area contributed by atoms with Gasteiger partial charge in [-0.2, -0.15) is 0 Å². The average molecular weight is 265 g/mol. The summed E-state index contributed by atoms with van der Waals surface area (Å²) in [5.41, 5.74) is -0.477. The Bertz CT molecular complexity index is 564. The summed E-state index contributed by atoms with van der Waals surface area (Å²) in [6.07, 6.45) is 0. The molecule has 19 heavy (non-hydrogen) atoms. The van der Waals surface area contributed by atoms with Crippen molar-refractivity contribution in [3.63, 3.8) is 0 Å². The predicted molar refractivity (Wildman–Crippen MR) is 64.2 cm³/mol. The van der Waals surface area contributed by atoms with Gasteiger partial charge < -0.3 is 5.11 Å². The summed E-state index contributed by atoms with van der Waals surface area (Å²) in [4.78, 5) is 35.7. The van der Waals surface area contributed by atoms with Gasteiger partial charge in [-0.05, 0) is 18.2 Å². The third-order valence-corrected chi connectivity index (χ3v) is 3.41. The summed E-state index contributed by atoms with van der Waals surface area (Å²) in [6.45, 7) is 3.26. The zero-order valence-corrected chi connectivity index (χ0v) is 10.4. The van der Waals surface area contributed by atoms with Crippen LogP contribution in [-0.2, 0) is 9.59 Å². The second-order valence-electron chi connectivity index (χ2n) is 4.56. The predicted octanol–water partition coefficient (Wildman–Crippen LogP) is 1.67. The lowest BCUT2D eigenvalue weighted by Gasteiger charge is -2.15. The summed E-state index contributed by atoms with van der Waals surface area (Å²) in [5.74, 6) is -4.09. The zero-order chi connectivity index (χ0) is 14.3. The van der Waals surface area contributed by atoms with Gasteiger partial charge in [0.2, 0.25) is 11.8 Å². The molecule has 2 amide bonds. The first-order valence-electron chi connectivity index (χ1n) is 5.75. The number of anilines is 1. The second-order valence-corrected chi connectivity index (χ2v) is 4.56. The third kappa shape index (κ3) is 1.99. The molecule has 1 heterocycles. The monoisotopic (exact) mass is 265 g/mol. The fraction of sp³-hybridized carbons (Fsp3) is 0.308. The number of hydrogen-bond acceptors (Lipinski definition) is 3. The van der Waals surface area contributed by atoms with E-state index in [1.807, 2.05) is 0 Å². The number of amides is 2. The molecule has 0 radical (unpaired) electrons. The molecule has 2 unspecified atom stereocenters. The lowest BCUT2D eigenvalue weighted by molar-refractivity contribution is -0.122. The second kappa shape index (κ2) is 4.46. The molecule has 5 nitrogen and oxygen atoms in total. The summed E-state index contributed by atoms with van der Waals surface area (Å²) in [7, 11) is 0. The summed E-state index contributed by atoms with van der Waals surface area (Å²) < 4.78 is 13.3. The van der Waals surface area contributed by atoms with Gasteiger partial charge in [0.05, 0.1) is 11.3 Å². The minimum Gasteiger partial charge on any atom is -0.478 e. The number of hydrogen-bond donors (Lipinski definition) is 1. The first-order valence-corrected chi connectivity index (χ1v) is 5.75. The van der Waals surface area contributed by atoms with E-state index in [0.717, 1.165) is 17.0 Å². The van der Waals surface area contributed by atoms with Gasteiger partial charge in [0, 0.05) is 11.8 Å². The Morgan fingerprint density at radius 3 is 2.21 bits per heavy atom. The molecule has 1 aromatic carbocycles. The van der Waals surface area contributed by atoms with Crippen LogP contribution < -0.4 is 4.90 Å². The Morgan fingerprint density at radius 2 is 1.74 bits per heavy atom. The van der Waals surface area contributed by atoms with Gasteiger partial charge in [-0.15, -0.1) is 0 Å². The number of imide groups is 1. The lowest BCUT2D eigenvalue weighted by atomic mass is 10.00. The quantitative estimate of drug-likeness (QED) is 0.825. The number of benzene rings is 1. The molecule has 2 rings (SSSR count). The molecule has 1 aliphatic heterocycles. The van der Waals surface area contributed by atoms with Gasteiger partial charge in [0.15, 0.2) is 0 Å². The number of carbonyl (C=O) groups excluding carboxylic acids is 2. The maximum Gasteiger partial charge on any atom is 0.338 e. The van der Waals surface area contributed by atoms with Crippen molar-refractivity contribution in [1.29, 1.82) is 0 Å². The maximum absolute atomic E-state index is 13.3. The maximum atomic E-state index is 13.3. The highest BCUT2D eigenvalue weighted by molar-refractivity contribution is 6.22. The van der Waals surface area contributed by atoms with Crippen molar-refractivity contribution in [2.75, 3.05) is 4.90 Å². The number of carboxylic acid groups (broad SMARTS) is 1. The first kappa shape index (κ1) is 13.2. The van der Waals surface area contributed by atoms with Crippen LogP contribution in [-0.4, -0.2) is 22.9 Å². The topological polar surface area (TPSA) is 74.7 Å². The highest BCUT2D eigenvalue weighted by atomic mass is 19.1. The molecule has 1 fully saturated rings. The Balaban J connectivity index is 2.48. The van der Waals surface area contributed by atoms with E-state index in [2.05, 4.69) is 0 Å². The fourth-order valence-corrected chi connectivity index (χ4v) is 2.01. The first-order chi connectivity index (χ1) is 8.84. The van der Waals surface area contributed by atoms with E-state index in [9.17, 15) is 18.8 Å². The standard InChI is InChI=1S/C13H12FNO4/c1-6-7(2)12(17)15(11(6)16)8-3-4-10(14)9(5-8)13(18)19/h3-7H,1-2H3,(H,18,19). The van der Waals surface area contributed by atoms with Crippen LogP contribution in [0.1, 0.15) is 24.2 Å². The molecule has 1 N–H and O–H groups in total. The van der Waals surface area contributed by atoms with Crippen molar-refractivity contribution >= 4 is 23.5 Å². The van der Waals surface area contributed by atoms with Crippen LogP contribution in [0.4, 0.5) is 10.1 Å². The molecule has 0 aliphatic carbocycles. The SMILES string of the molecule is CC1C(=O)N(c2ccc(F)c(C(=O)O)c2)C(=O)C1C. The summed E-state index contributed by atoms with van der Waals surface area (Å²) in [6, 6.07) is 3.16. The van der Waals surface area contributed by atoms with E-state index >= 15 is 0 Å². The van der Waals surface area contributed by atoms with E-state index in [1.54, 1.807) is 13.8 Å². The van der Waals surface area contributed by atoms with Gasteiger partial charge in [0.1, 0.15) is 5.82 Å².